The molecule has 2 aromatic rings. The number of nitrogen functional groups attached to an aromatic ring is 1. The Bertz CT molecular complexity index is 601. The van der Waals surface area contributed by atoms with Crippen molar-refractivity contribution in [2.75, 3.05) is 11.1 Å². The van der Waals surface area contributed by atoms with E-state index in [0.29, 0.717) is 11.4 Å². The molecule has 100 valence electrons. The van der Waals surface area contributed by atoms with E-state index in [1.165, 1.54) is 12.1 Å². The van der Waals surface area contributed by atoms with Crippen molar-refractivity contribution < 1.29 is 4.79 Å². The first-order valence-electron chi connectivity index (χ1n) is 5.61. The standard InChI is InChI=1S/C12H12Cl2N4O/c1-2-7-5-10(18-17-7)16-12(19)6-3-8(13)11(15)9(14)4-6/h3-5H,2,15H2,1H3,(H2,16,17,18,19). The first-order chi connectivity index (χ1) is 9.01. The number of hydrogen-bond acceptors (Lipinski definition) is 3. The van der Waals surface area contributed by atoms with Crippen LogP contribution in [0, 0.1) is 0 Å². The number of H-pyrrole nitrogens is 1. The second kappa shape index (κ2) is 5.50. The second-order valence-electron chi connectivity index (χ2n) is 3.94. The zero-order chi connectivity index (χ0) is 14.0. The van der Waals surface area contributed by atoms with Crippen LogP contribution in [0.3, 0.4) is 0 Å². The average molecular weight is 299 g/mol. The average Bonchev–Trinajstić information content (AvgIpc) is 2.83. The molecule has 2 rings (SSSR count). The molecule has 0 saturated heterocycles. The number of rotatable bonds is 3. The van der Waals surface area contributed by atoms with Gasteiger partial charge in [-0.2, -0.15) is 5.10 Å². The molecule has 0 fully saturated rings. The largest absolute Gasteiger partial charge is 0.396 e. The summed E-state index contributed by atoms with van der Waals surface area (Å²) in [4.78, 5) is 12.0. The highest BCUT2D eigenvalue weighted by Crippen LogP contribution is 2.29. The van der Waals surface area contributed by atoms with E-state index in [0.717, 1.165) is 12.1 Å². The summed E-state index contributed by atoms with van der Waals surface area (Å²) >= 11 is 11.8. The van der Waals surface area contributed by atoms with Crippen LogP contribution in [-0.2, 0) is 6.42 Å². The summed E-state index contributed by atoms with van der Waals surface area (Å²) in [5.41, 5.74) is 7.13. The molecule has 7 heteroatoms. The van der Waals surface area contributed by atoms with Crippen molar-refractivity contribution in [1.82, 2.24) is 10.2 Å². The first-order valence-corrected chi connectivity index (χ1v) is 6.37. The highest BCUT2D eigenvalue weighted by atomic mass is 35.5. The minimum Gasteiger partial charge on any atom is -0.396 e. The summed E-state index contributed by atoms with van der Waals surface area (Å²) in [7, 11) is 0. The van der Waals surface area contributed by atoms with Crippen molar-refractivity contribution in [2.24, 2.45) is 0 Å². The molecular weight excluding hydrogens is 287 g/mol. The number of carbonyl (C=O) groups excluding carboxylic acids is 1. The van der Waals surface area contributed by atoms with Gasteiger partial charge in [-0.25, -0.2) is 0 Å². The Hall–Kier alpha value is -1.72. The fourth-order valence-corrected chi connectivity index (χ4v) is 2.00. The molecule has 1 aromatic carbocycles. The first kappa shape index (κ1) is 13.7. The van der Waals surface area contributed by atoms with Gasteiger partial charge >= 0.3 is 0 Å². The molecule has 4 N–H and O–H groups in total. The highest BCUT2D eigenvalue weighted by molar-refractivity contribution is 6.39. The van der Waals surface area contributed by atoms with E-state index in [2.05, 4.69) is 15.5 Å². The molecule has 1 amide bonds. The topological polar surface area (TPSA) is 83.8 Å². The number of nitrogens with two attached hydrogens (primary N) is 1. The number of aryl methyl sites for hydroxylation is 1. The highest BCUT2D eigenvalue weighted by Gasteiger charge is 2.12. The Morgan fingerprint density at radius 1 is 1.37 bits per heavy atom. The molecule has 0 aliphatic carbocycles. The summed E-state index contributed by atoms with van der Waals surface area (Å²) in [5, 5.41) is 9.91. The molecule has 1 heterocycles. The van der Waals surface area contributed by atoms with E-state index in [4.69, 9.17) is 28.9 Å². The van der Waals surface area contributed by atoms with E-state index in [9.17, 15) is 4.79 Å². The van der Waals surface area contributed by atoms with Gasteiger partial charge in [-0.1, -0.05) is 30.1 Å². The molecule has 0 atom stereocenters. The van der Waals surface area contributed by atoms with Crippen molar-refractivity contribution >= 4 is 40.6 Å². The predicted molar refractivity (Wildman–Crippen MR) is 76.8 cm³/mol. The SMILES string of the molecule is CCc1cc(NC(=O)c2cc(Cl)c(N)c(Cl)c2)n[nH]1. The zero-order valence-corrected chi connectivity index (χ0v) is 11.6. The molecule has 0 bridgehead atoms. The Labute approximate surface area is 120 Å². The van der Waals surface area contributed by atoms with E-state index in [1.807, 2.05) is 6.92 Å². The number of anilines is 2. The monoisotopic (exact) mass is 298 g/mol. The number of carbonyl (C=O) groups is 1. The number of aromatic amines is 1. The fraction of sp³-hybridized carbons (Fsp3) is 0.167. The number of halogens is 2. The smallest absolute Gasteiger partial charge is 0.256 e. The lowest BCUT2D eigenvalue weighted by molar-refractivity contribution is 0.102. The van der Waals surface area contributed by atoms with Gasteiger partial charge in [0.2, 0.25) is 0 Å². The Kier molecular flexibility index (Phi) is 3.97. The van der Waals surface area contributed by atoms with Gasteiger partial charge in [0, 0.05) is 17.3 Å². The van der Waals surface area contributed by atoms with Crippen LogP contribution in [0.4, 0.5) is 11.5 Å². The van der Waals surface area contributed by atoms with E-state index >= 15 is 0 Å². The number of hydrogen-bond donors (Lipinski definition) is 3. The maximum Gasteiger partial charge on any atom is 0.256 e. The van der Waals surface area contributed by atoms with Crippen LogP contribution in [0.1, 0.15) is 23.0 Å². The number of benzene rings is 1. The summed E-state index contributed by atoms with van der Waals surface area (Å²) in [5.74, 6) is 0.101. The van der Waals surface area contributed by atoms with Crippen LogP contribution in [0.2, 0.25) is 10.0 Å². The Balaban J connectivity index is 2.20. The van der Waals surface area contributed by atoms with E-state index in [1.54, 1.807) is 6.07 Å². The maximum atomic E-state index is 12.0. The Morgan fingerprint density at radius 3 is 2.53 bits per heavy atom. The van der Waals surface area contributed by atoms with Crippen LogP contribution in [0.5, 0.6) is 0 Å². The van der Waals surface area contributed by atoms with Crippen molar-refractivity contribution in [2.45, 2.75) is 13.3 Å². The number of amides is 1. The van der Waals surface area contributed by atoms with Crippen LogP contribution in [0.15, 0.2) is 18.2 Å². The normalized spacial score (nSPS) is 10.5. The third-order valence-corrected chi connectivity index (χ3v) is 3.22. The van der Waals surface area contributed by atoms with Crippen molar-refractivity contribution in [3.05, 3.63) is 39.5 Å². The van der Waals surface area contributed by atoms with Crippen molar-refractivity contribution in [1.29, 1.82) is 0 Å². The van der Waals surface area contributed by atoms with Crippen LogP contribution >= 0.6 is 23.2 Å². The third-order valence-electron chi connectivity index (χ3n) is 2.59. The summed E-state index contributed by atoms with van der Waals surface area (Å²) in [6, 6.07) is 4.69. The second-order valence-corrected chi connectivity index (χ2v) is 4.75. The van der Waals surface area contributed by atoms with Crippen LogP contribution in [0.25, 0.3) is 0 Å². The predicted octanol–water partition coefficient (Wildman–Crippen LogP) is 3.11. The molecule has 1 aromatic heterocycles. The molecular formula is C12H12Cl2N4O. The van der Waals surface area contributed by atoms with E-state index < -0.39 is 0 Å². The maximum absolute atomic E-state index is 12.0. The molecule has 0 saturated carbocycles. The number of aromatic nitrogens is 2. The molecule has 0 radical (unpaired) electrons. The zero-order valence-electron chi connectivity index (χ0n) is 10.1. The quantitative estimate of drug-likeness (QED) is 0.761. The molecule has 0 unspecified atom stereocenters. The minimum atomic E-state index is -0.349. The Morgan fingerprint density at radius 2 is 2.00 bits per heavy atom. The van der Waals surface area contributed by atoms with Gasteiger partial charge in [-0.3, -0.25) is 9.89 Å². The van der Waals surface area contributed by atoms with Gasteiger partial charge in [0.15, 0.2) is 5.82 Å². The van der Waals surface area contributed by atoms with Gasteiger partial charge in [0.25, 0.3) is 5.91 Å². The minimum absolute atomic E-state index is 0.244. The molecule has 0 aliphatic rings. The van der Waals surface area contributed by atoms with Crippen LogP contribution < -0.4 is 11.1 Å². The summed E-state index contributed by atoms with van der Waals surface area (Å²) < 4.78 is 0. The molecule has 0 aliphatic heterocycles. The lowest BCUT2D eigenvalue weighted by Crippen LogP contribution is -2.12. The van der Waals surface area contributed by atoms with Crippen molar-refractivity contribution in [3.63, 3.8) is 0 Å². The van der Waals surface area contributed by atoms with Gasteiger partial charge in [-0.15, -0.1) is 0 Å². The number of nitrogens with one attached hydrogen (secondary N) is 2. The molecule has 5 nitrogen and oxygen atoms in total. The molecule has 19 heavy (non-hydrogen) atoms. The summed E-state index contributed by atoms with van der Waals surface area (Å²) in [6.45, 7) is 1.98. The lowest BCUT2D eigenvalue weighted by atomic mass is 10.2. The fourth-order valence-electron chi connectivity index (χ4n) is 1.51. The number of nitrogens with zero attached hydrogens (tertiary/aromatic N) is 1. The van der Waals surface area contributed by atoms with Crippen LogP contribution in [-0.4, -0.2) is 16.1 Å². The lowest BCUT2D eigenvalue weighted by Gasteiger charge is -2.06. The molecule has 0 spiro atoms. The van der Waals surface area contributed by atoms with Crippen molar-refractivity contribution in [3.8, 4) is 0 Å². The third kappa shape index (κ3) is 3.00. The van der Waals surface area contributed by atoms with Gasteiger partial charge in [0.1, 0.15) is 0 Å². The van der Waals surface area contributed by atoms with E-state index in [-0.39, 0.29) is 21.6 Å². The van der Waals surface area contributed by atoms with Gasteiger partial charge < -0.3 is 11.1 Å². The summed E-state index contributed by atoms with van der Waals surface area (Å²) in [6.07, 6.45) is 0.808. The van der Waals surface area contributed by atoms with Gasteiger partial charge in [-0.05, 0) is 18.6 Å². The van der Waals surface area contributed by atoms with Gasteiger partial charge in [0.05, 0.1) is 15.7 Å².